The van der Waals surface area contributed by atoms with Crippen molar-refractivity contribution in [3.63, 3.8) is 0 Å². The van der Waals surface area contributed by atoms with Crippen LogP contribution in [-0.2, 0) is 13.0 Å². The zero-order valence-electron chi connectivity index (χ0n) is 21.0. The quantitative estimate of drug-likeness (QED) is 0.143. The Morgan fingerprint density at radius 3 is 1.73 bits per heavy atom. The number of aromatic amines is 1. The third-order valence-electron chi connectivity index (χ3n) is 6.55. The Hall–Kier alpha value is -0.790. The fraction of sp³-hybridized carbons (Fsp3) is 0.893. The highest BCUT2D eigenvalue weighted by Gasteiger charge is 2.09. The topological polar surface area (TPSA) is 19.7 Å². The summed E-state index contributed by atoms with van der Waals surface area (Å²) in [6, 6.07) is 0. The van der Waals surface area contributed by atoms with Gasteiger partial charge in [0.1, 0.15) is 12.4 Å². The number of unbranched alkanes of at least 4 members (excludes halogenated alkanes) is 16. The van der Waals surface area contributed by atoms with Crippen molar-refractivity contribution in [2.45, 2.75) is 156 Å². The molecule has 0 aliphatic heterocycles. The Morgan fingerprint density at radius 2 is 1.17 bits per heavy atom. The lowest BCUT2D eigenvalue weighted by Gasteiger charge is -2.05. The van der Waals surface area contributed by atoms with E-state index in [9.17, 15) is 0 Å². The highest BCUT2D eigenvalue weighted by Crippen LogP contribution is 2.14. The monoisotopic (exact) mass is 419 g/mol. The van der Waals surface area contributed by atoms with E-state index >= 15 is 0 Å². The van der Waals surface area contributed by atoms with Crippen LogP contribution in [0.3, 0.4) is 0 Å². The first-order valence-corrected chi connectivity index (χ1v) is 13.8. The molecule has 1 rings (SSSR count). The van der Waals surface area contributed by atoms with Crippen LogP contribution >= 0.6 is 0 Å². The SMILES string of the molecule is CCCCCCCC[n+]1cc[nH]c1CCCCCCCCCCCCCCC(C)C. The van der Waals surface area contributed by atoms with Gasteiger partial charge in [-0.1, -0.05) is 124 Å². The van der Waals surface area contributed by atoms with E-state index in [4.69, 9.17) is 0 Å². The minimum absolute atomic E-state index is 0.888. The van der Waals surface area contributed by atoms with E-state index in [0.29, 0.717) is 0 Å². The van der Waals surface area contributed by atoms with Crippen molar-refractivity contribution in [3.05, 3.63) is 18.2 Å². The lowest BCUT2D eigenvalue weighted by atomic mass is 10.0. The molecule has 0 aliphatic carbocycles. The number of aromatic nitrogens is 2. The van der Waals surface area contributed by atoms with Crippen LogP contribution in [0.25, 0.3) is 0 Å². The average Bonchev–Trinajstić information content (AvgIpc) is 3.18. The summed E-state index contributed by atoms with van der Waals surface area (Å²) in [5.74, 6) is 2.33. The molecule has 2 nitrogen and oxygen atoms in total. The first-order valence-electron chi connectivity index (χ1n) is 13.8. The summed E-state index contributed by atoms with van der Waals surface area (Å²) in [6.45, 7) is 8.17. The van der Waals surface area contributed by atoms with Crippen LogP contribution in [0.2, 0.25) is 0 Å². The van der Waals surface area contributed by atoms with Crippen molar-refractivity contribution in [3.8, 4) is 0 Å². The molecule has 0 fully saturated rings. The molecule has 1 aromatic rings. The Balaban J connectivity index is 1.88. The van der Waals surface area contributed by atoms with E-state index in [0.717, 1.165) is 5.92 Å². The summed E-state index contributed by atoms with van der Waals surface area (Å²) in [7, 11) is 0. The van der Waals surface area contributed by atoms with E-state index in [1.54, 1.807) is 0 Å². The molecule has 0 aromatic carbocycles. The minimum Gasteiger partial charge on any atom is -0.248 e. The summed E-state index contributed by atoms with van der Waals surface area (Å²) < 4.78 is 2.46. The summed E-state index contributed by atoms with van der Waals surface area (Å²) in [4.78, 5) is 3.48. The maximum Gasteiger partial charge on any atom is 0.254 e. The molecule has 1 heterocycles. The smallest absolute Gasteiger partial charge is 0.248 e. The van der Waals surface area contributed by atoms with Gasteiger partial charge in [-0.2, -0.15) is 0 Å². The van der Waals surface area contributed by atoms with Gasteiger partial charge in [0.05, 0.1) is 6.54 Å². The van der Waals surface area contributed by atoms with E-state index < -0.39 is 0 Å². The largest absolute Gasteiger partial charge is 0.254 e. The molecule has 0 aliphatic rings. The molecule has 0 amide bonds. The van der Waals surface area contributed by atoms with Gasteiger partial charge < -0.3 is 0 Å². The standard InChI is InChI=1S/C28H54N2/c1-4-5-6-7-18-21-25-30-26-24-29-28(30)23-20-17-15-13-11-9-8-10-12-14-16-19-22-27(2)3/h24,26-27H,4-23,25H2,1-3H3/p+1. The van der Waals surface area contributed by atoms with Crippen LogP contribution in [-0.4, -0.2) is 4.98 Å². The number of H-pyrrole nitrogens is 1. The molecule has 30 heavy (non-hydrogen) atoms. The highest BCUT2D eigenvalue weighted by molar-refractivity contribution is 4.77. The molecule has 0 atom stereocenters. The summed E-state index contributed by atoms with van der Waals surface area (Å²) in [6.07, 6.45) is 32.6. The van der Waals surface area contributed by atoms with Crippen molar-refractivity contribution in [1.82, 2.24) is 4.98 Å². The van der Waals surface area contributed by atoms with Crippen LogP contribution in [0.15, 0.2) is 12.4 Å². The number of nitrogens with zero attached hydrogens (tertiary/aromatic N) is 1. The molecule has 0 unspecified atom stereocenters. The second kappa shape index (κ2) is 20.1. The van der Waals surface area contributed by atoms with Crippen molar-refractivity contribution in [2.75, 3.05) is 0 Å². The number of hydrogen-bond donors (Lipinski definition) is 1. The van der Waals surface area contributed by atoms with E-state index in [1.165, 1.54) is 141 Å². The zero-order valence-corrected chi connectivity index (χ0v) is 21.0. The molecule has 2 heteroatoms. The normalized spacial score (nSPS) is 11.6. The van der Waals surface area contributed by atoms with Crippen LogP contribution in [0.4, 0.5) is 0 Å². The zero-order chi connectivity index (χ0) is 21.7. The maximum absolute atomic E-state index is 3.48. The molecule has 0 saturated heterocycles. The molecule has 0 spiro atoms. The lowest BCUT2D eigenvalue weighted by molar-refractivity contribution is -0.703. The van der Waals surface area contributed by atoms with Gasteiger partial charge in [-0.15, -0.1) is 0 Å². The van der Waals surface area contributed by atoms with E-state index in [2.05, 4.69) is 42.7 Å². The van der Waals surface area contributed by atoms with Crippen molar-refractivity contribution in [1.29, 1.82) is 0 Å². The van der Waals surface area contributed by atoms with Gasteiger partial charge in [0, 0.05) is 6.42 Å². The number of hydrogen-bond acceptors (Lipinski definition) is 0. The predicted molar refractivity (Wildman–Crippen MR) is 133 cm³/mol. The van der Waals surface area contributed by atoms with Crippen molar-refractivity contribution >= 4 is 0 Å². The Morgan fingerprint density at radius 1 is 0.667 bits per heavy atom. The molecule has 0 saturated carbocycles. The number of aryl methyl sites for hydroxylation is 2. The van der Waals surface area contributed by atoms with Crippen molar-refractivity contribution in [2.24, 2.45) is 5.92 Å². The Labute approximate surface area is 189 Å². The summed E-state index contributed by atoms with van der Waals surface area (Å²) in [5.41, 5.74) is 0. The van der Waals surface area contributed by atoms with Gasteiger partial charge in [0.15, 0.2) is 0 Å². The first kappa shape index (κ1) is 27.2. The summed E-state index contributed by atoms with van der Waals surface area (Å²) in [5, 5.41) is 0. The van der Waals surface area contributed by atoms with Gasteiger partial charge in [-0.3, -0.25) is 0 Å². The number of rotatable bonds is 22. The first-order chi connectivity index (χ1) is 14.7. The molecule has 1 aromatic heterocycles. The molecule has 176 valence electrons. The Kier molecular flexibility index (Phi) is 18.3. The molecule has 0 radical (unpaired) electrons. The molecule has 1 N–H and O–H groups in total. The van der Waals surface area contributed by atoms with Crippen LogP contribution in [0, 0.1) is 5.92 Å². The third-order valence-corrected chi connectivity index (χ3v) is 6.55. The third kappa shape index (κ3) is 16.0. The molecule has 0 bridgehead atoms. The van der Waals surface area contributed by atoms with Gasteiger partial charge >= 0.3 is 0 Å². The minimum atomic E-state index is 0.888. The van der Waals surface area contributed by atoms with Gasteiger partial charge in [-0.05, 0) is 25.2 Å². The second-order valence-electron chi connectivity index (χ2n) is 10.0. The predicted octanol–water partition coefficient (Wildman–Crippen LogP) is 8.93. The maximum atomic E-state index is 3.48. The van der Waals surface area contributed by atoms with Gasteiger partial charge in [0.2, 0.25) is 0 Å². The fourth-order valence-electron chi connectivity index (χ4n) is 4.50. The average molecular weight is 420 g/mol. The van der Waals surface area contributed by atoms with Crippen LogP contribution < -0.4 is 4.57 Å². The van der Waals surface area contributed by atoms with E-state index in [1.807, 2.05) is 0 Å². The van der Waals surface area contributed by atoms with Gasteiger partial charge in [0.25, 0.3) is 5.82 Å². The fourth-order valence-corrected chi connectivity index (χ4v) is 4.50. The number of imidazole rings is 1. The lowest BCUT2D eigenvalue weighted by Crippen LogP contribution is -2.36. The van der Waals surface area contributed by atoms with E-state index in [-0.39, 0.29) is 0 Å². The molecular weight excluding hydrogens is 364 g/mol. The van der Waals surface area contributed by atoms with Gasteiger partial charge in [-0.25, -0.2) is 9.55 Å². The molecular formula is C28H55N2+. The summed E-state index contributed by atoms with van der Waals surface area (Å²) >= 11 is 0. The second-order valence-corrected chi connectivity index (χ2v) is 10.0. The highest BCUT2D eigenvalue weighted by atomic mass is 15.1. The van der Waals surface area contributed by atoms with Crippen molar-refractivity contribution < 1.29 is 4.57 Å². The number of nitrogens with one attached hydrogen (secondary N) is 1. The van der Waals surface area contributed by atoms with Crippen LogP contribution in [0.5, 0.6) is 0 Å². The van der Waals surface area contributed by atoms with Crippen LogP contribution in [0.1, 0.15) is 149 Å². The Bertz CT molecular complexity index is 463.